The summed E-state index contributed by atoms with van der Waals surface area (Å²) in [5.74, 6) is 0.719. The molecule has 0 spiro atoms. The van der Waals surface area contributed by atoms with Gasteiger partial charge in [0.05, 0.1) is 0 Å². The lowest BCUT2D eigenvalue weighted by molar-refractivity contribution is 0.417. The molecule has 0 amide bonds. The molecule has 8 heteroatoms. The SMILES string of the molecule is N#CN=C(SCCC=C(F)F)SCCC=C(F)F. The van der Waals surface area contributed by atoms with E-state index in [1.165, 1.54) is 0 Å². The number of hydrogen-bond donors (Lipinski definition) is 0. The van der Waals surface area contributed by atoms with E-state index in [9.17, 15) is 17.6 Å². The zero-order valence-corrected chi connectivity index (χ0v) is 10.8. The fourth-order valence-electron chi connectivity index (χ4n) is 0.776. The minimum atomic E-state index is -1.74. The van der Waals surface area contributed by atoms with Gasteiger partial charge in [0, 0.05) is 11.5 Å². The molecule has 0 aromatic rings. The predicted molar refractivity (Wildman–Crippen MR) is 67.8 cm³/mol. The summed E-state index contributed by atoms with van der Waals surface area (Å²) in [4.78, 5) is 3.49. The first-order valence-corrected chi connectivity index (χ1v) is 6.78. The minimum Gasteiger partial charge on any atom is -0.174 e. The van der Waals surface area contributed by atoms with Crippen molar-refractivity contribution in [3.63, 3.8) is 0 Å². The first-order chi connectivity index (χ1) is 8.56. The molecule has 0 unspecified atom stereocenters. The Labute approximate surface area is 111 Å². The van der Waals surface area contributed by atoms with Crippen molar-refractivity contribution in [1.82, 2.24) is 0 Å². The van der Waals surface area contributed by atoms with Gasteiger partial charge in [-0.2, -0.15) is 27.8 Å². The monoisotopic (exact) mass is 298 g/mol. The second kappa shape index (κ2) is 11.2. The lowest BCUT2D eigenvalue weighted by atomic mass is 10.5. The molecule has 0 atom stereocenters. The highest BCUT2D eigenvalue weighted by atomic mass is 32.2. The van der Waals surface area contributed by atoms with Gasteiger partial charge < -0.3 is 0 Å². The Morgan fingerprint density at radius 3 is 1.78 bits per heavy atom. The van der Waals surface area contributed by atoms with Crippen molar-refractivity contribution in [2.75, 3.05) is 11.5 Å². The Bertz CT molecular complexity index is 341. The molecule has 18 heavy (non-hydrogen) atoms. The molecule has 0 radical (unpaired) electrons. The Morgan fingerprint density at radius 1 is 1.00 bits per heavy atom. The number of allylic oxidation sites excluding steroid dienone is 2. The molecule has 0 aromatic carbocycles. The van der Waals surface area contributed by atoms with Crippen LogP contribution in [0.2, 0.25) is 0 Å². The number of halogens is 4. The van der Waals surface area contributed by atoms with Crippen LogP contribution in [0, 0.1) is 11.5 Å². The Kier molecular flexibility index (Phi) is 10.6. The average Bonchev–Trinajstić information content (AvgIpc) is 2.29. The largest absolute Gasteiger partial charge is 0.266 e. The molecule has 0 bridgehead atoms. The first kappa shape index (κ1) is 17.1. The van der Waals surface area contributed by atoms with Gasteiger partial charge in [0.1, 0.15) is 4.38 Å². The Morgan fingerprint density at radius 2 is 1.44 bits per heavy atom. The molecule has 0 heterocycles. The Hall–Kier alpha value is -0.940. The van der Waals surface area contributed by atoms with Crippen LogP contribution in [-0.4, -0.2) is 15.9 Å². The van der Waals surface area contributed by atoms with Gasteiger partial charge in [-0.25, -0.2) is 0 Å². The first-order valence-electron chi connectivity index (χ1n) is 4.81. The molecule has 0 aliphatic rings. The van der Waals surface area contributed by atoms with Crippen LogP contribution < -0.4 is 0 Å². The maximum atomic E-state index is 11.7. The zero-order valence-electron chi connectivity index (χ0n) is 9.21. The van der Waals surface area contributed by atoms with E-state index in [1.54, 1.807) is 6.19 Å². The summed E-state index contributed by atoms with van der Waals surface area (Å²) < 4.78 is 47.3. The number of hydrogen-bond acceptors (Lipinski definition) is 4. The summed E-state index contributed by atoms with van der Waals surface area (Å²) in [7, 11) is 0. The maximum Gasteiger partial charge on any atom is 0.266 e. The summed E-state index contributed by atoms with van der Waals surface area (Å²) in [6, 6.07) is 0. The highest BCUT2D eigenvalue weighted by Crippen LogP contribution is 2.20. The lowest BCUT2D eigenvalue weighted by Gasteiger charge is -2.01. The van der Waals surface area contributed by atoms with Crippen LogP contribution in [0.15, 0.2) is 29.3 Å². The molecule has 0 rings (SSSR count). The summed E-state index contributed by atoms with van der Waals surface area (Å²) >= 11 is 2.30. The van der Waals surface area contributed by atoms with Gasteiger partial charge in [-0.1, -0.05) is 23.5 Å². The molecule has 0 fully saturated rings. The smallest absolute Gasteiger partial charge is 0.174 e. The van der Waals surface area contributed by atoms with Gasteiger partial charge in [0.25, 0.3) is 12.2 Å². The highest BCUT2D eigenvalue weighted by molar-refractivity contribution is 8.38. The van der Waals surface area contributed by atoms with E-state index in [0.29, 0.717) is 15.9 Å². The molecular weight excluding hydrogens is 288 g/mol. The molecule has 0 saturated carbocycles. The van der Waals surface area contributed by atoms with Crippen LogP contribution in [0.3, 0.4) is 0 Å². The standard InChI is InChI=1S/C10H10F4N2S2/c11-8(12)3-1-5-17-10(16-7-15)18-6-2-4-9(13)14/h3-4H,1-2,5-6H2. The number of rotatable bonds is 6. The molecule has 2 nitrogen and oxygen atoms in total. The van der Waals surface area contributed by atoms with Crippen LogP contribution >= 0.6 is 23.5 Å². The van der Waals surface area contributed by atoms with Crippen molar-refractivity contribution in [1.29, 1.82) is 5.26 Å². The molecule has 0 aliphatic carbocycles. The quantitative estimate of drug-likeness (QED) is 0.236. The molecular formula is C10H10F4N2S2. The summed E-state index contributed by atoms with van der Waals surface area (Å²) in [5, 5.41) is 8.40. The van der Waals surface area contributed by atoms with Gasteiger partial charge in [-0.3, -0.25) is 0 Å². The lowest BCUT2D eigenvalue weighted by Crippen LogP contribution is -1.90. The van der Waals surface area contributed by atoms with Crippen LogP contribution in [-0.2, 0) is 0 Å². The average molecular weight is 298 g/mol. The van der Waals surface area contributed by atoms with Crippen molar-refractivity contribution < 1.29 is 17.6 Å². The van der Waals surface area contributed by atoms with Crippen molar-refractivity contribution in [2.45, 2.75) is 12.8 Å². The van der Waals surface area contributed by atoms with Crippen molar-refractivity contribution in [3.8, 4) is 6.19 Å². The molecule has 0 N–H and O–H groups in total. The number of nitriles is 1. The fraction of sp³-hybridized carbons (Fsp3) is 0.400. The predicted octanol–water partition coefficient (Wildman–Crippen LogP) is 4.63. The fourth-order valence-corrected chi connectivity index (χ4v) is 2.64. The molecule has 0 saturated heterocycles. The van der Waals surface area contributed by atoms with Gasteiger partial charge in [-0.15, -0.1) is 0 Å². The van der Waals surface area contributed by atoms with E-state index < -0.39 is 12.2 Å². The van der Waals surface area contributed by atoms with Crippen molar-refractivity contribution >= 4 is 27.9 Å². The van der Waals surface area contributed by atoms with Gasteiger partial charge >= 0.3 is 0 Å². The minimum absolute atomic E-state index is 0.164. The zero-order chi connectivity index (χ0) is 13.8. The molecule has 0 aliphatic heterocycles. The second-order valence-electron chi connectivity index (χ2n) is 2.74. The normalized spacial score (nSPS) is 9.28. The van der Waals surface area contributed by atoms with E-state index in [0.717, 1.165) is 35.7 Å². The van der Waals surface area contributed by atoms with Crippen molar-refractivity contribution in [3.05, 3.63) is 24.3 Å². The summed E-state index contributed by atoms with van der Waals surface area (Å²) in [6.07, 6.45) is -0.0147. The third kappa shape index (κ3) is 11.5. The van der Waals surface area contributed by atoms with Crippen LogP contribution in [0.4, 0.5) is 17.6 Å². The number of thioether (sulfide) groups is 2. The topological polar surface area (TPSA) is 36.1 Å². The van der Waals surface area contributed by atoms with E-state index in [2.05, 4.69) is 4.99 Å². The summed E-state index contributed by atoms with van der Waals surface area (Å²) in [6.45, 7) is 0. The van der Waals surface area contributed by atoms with Crippen molar-refractivity contribution in [2.24, 2.45) is 4.99 Å². The van der Waals surface area contributed by atoms with E-state index in [1.807, 2.05) is 0 Å². The van der Waals surface area contributed by atoms with Gasteiger partial charge in [0.2, 0.25) is 6.19 Å². The van der Waals surface area contributed by atoms with E-state index >= 15 is 0 Å². The van der Waals surface area contributed by atoms with Gasteiger partial charge in [0.15, 0.2) is 0 Å². The third-order valence-corrected chi connectivity index (χ3v) is 3.69. The van der Waals surface area contributed by atoms with Gasteiger partial charge in [-0.05, 0) is 25.0 Å². The highest BCUT2D eigenvalue weighted by Gasteiger charge is 2.01. The number of nitrogens with zero attached hydrogens (tertiary/aromatic N) is 2. The third-order valence-electron chi connectivity index (χ3n) is 1.43. The van der Waals surface area contributed by atoms with Crippen LogP contribution in [0.5, 0.6) is 0 Å². The van der Waals surface area contributed by atoms with E-state index in [4.69, 9.17) is 5.26 Å². The number of aliphatic imine (C=N–C) groups is 1. The molecule has 0 aromatic heterocycles. The summed E-state index contributed by atoms with van der Waals surface area (Å²) in [5.41, 5.74) is 0. The Balaban J connectivity index is 3.95. The van der Waals surface area contributed by atoms with Crippen LogP contribution in [0.25, 0.3) is 0 Å². The maximum absolute atomic E-state index is 11.7. The second-order valence-corrected chi connectivity index (χ2v) is 5.17. The van der Waals surface area contributed by atoms with Crippen LogP contribution in [0.1, 0.15) is 12.8 Å². The van der Waals surface area contributed by atoms with E-state index in [-0.39, 0.29) is 12.8 Å². The molecule has 100 valence electrons.